The van der Waals surface area contributed by atoms with Gasteiger partial charge in [-0.2, -0.15) is 0 Å². The van der Waals surface area contributed by atoms with Gasteiger partial charge < -0.3 is 57.0 Å². The lowest BCUT2D eigenvalue weighted by Crippen LogP contribution is -2.57. The summed E-state index contributed by atoms with van der Waals surface area (Å²) in [6, 6.07) is -0.218. The van der Waals surface area contributed by atoms with E-state index >= 15 is 0 Å². The van der Waals surface area contributed by atoms with Gasteiger partial charge in [0.2, 0.25) is 17.7 Å². The summed E-state index contributed by atoms with van der Waals surface area (Å²) in [4.78, 5) is 147. The number of carboxylic acids is 3. The maximum Gasteiger partial charge on any atom is 0.363 e. The van der Waals surface area contributed by atoms with Gasteiger partial charge in [-0.1, -0.05) is 6.07 Å². The van der Waals surface area contributed by atoms with E-state index in [0.29, 0.717) is 17.0 Å². The molecule has 0 bridgehead atoms. The van der Waals surface area contributed by atoms with Gasteiger partial charge in [0, 0.05) is 60.2 Å². The number of hydroxylamine groups is 2. The van der Waals surface area contributed by atoms with Crippen LogP contribution in [0.2, 0.25) is 0 Å². The van der Waals surface area contributed by atoms with Crippen LogP contribution in [0.5, 0.6) is 0 Å². The number of rotatable bonds is 27. The summed E-state index contributed by atoms with van der Waals surface area (Å²) < 4.78 is 0.739. The first-order valence-electron chi connectivity index (χ1n) is 20.1. The highest BCUT2D eigenvalue weighted by molar-refractivity contribution is 14.1. The lowest BCUT2D eigenvalue weighted by Gasteiger charge is -2.26. The number of aliphatic hydroxyl groups excluding tert-OH is 1. The quantitative estimate of drug-likeness (QED) is 0.0230. The van der Waals surface area contributed by atoms with Crippen molar-refractivity contribution in [3.05, 3.63) is 63.0 Å². The molecule has 0 radical (unpaired) electrons. The average molecular weight is 1030 g/mol. The highest BCUT2D eigenvalue weighted by atomic mass is 127. The van der Waals surface area contributed by atoms with Crippen LogP contribution >= 0.6 is 22.6 Å². The fourth-order valence-electron chi connectivity index (χ4n) is 6.06. The second kappa shape index (κ2) is 26.2. The lowest BCUT2D eigenvalue weighted by molar-refractivity contribution is -0.172. The van der Waals surface area contributed by atoms with Crippen molar-refractivity contribution in [1.29, 1.82) is 0 Å². The summed E-state index contributed by atoms with van der Waals surface area (Å²) in [6.07, 6.45) is -2.32. The molecule has 65 heavy (non-hydrogen) atoms. The molecular formula is C40H48IN7O17. The van der Waals surface area contributed by atoms with E-state index in [0.717, 1.165) is 9.64 Å². The summed E-state index contributed by atoms with van der Waals surface area (Å²) in [7, 11) is 0. The van der Waals surface area contributed by atoms with Crippen LogP contribution in [0.25, 0.3) is 0 Å². The second-order valence-corrected chi connectivity index (χ2v) is 15.8. The first-order valence-corrected chi connectivity index (χ1v) is 21.1. The zero-order valence-corrected chi connectivity index (χ0v) is 36.7. The summed E-state index contributed by atoms with van der Waals surface area (Å²) in [5.41, 5.74) is -0.225. The third-order valence-corrected chi connectivity index (χ3v) is 10.0. The molecule has 1 saturated heterocycles. The number of nitrogens with zero attached hydrogens (tertiary/aromatic N) is 2. The van der Waals surface area contributed by atoms with Crippen molar-refractivity contribution in [2.45, 2.75) is 108 Å². The Bertz CT molecular complexity index is 2100. The fourth-order valence-corrected chi connectivity index (χ4v) is 6.55. The van der Waals surface area contributed by atoms with Gasteiger partial charge in [-0.25, -0.2) is 9.59 Å². The zero-order chi connectivity index (χ0) is 48.2. The van der Waals surface area contributed by atoms with Crippen molar-refractivity contribution in [3.8, 4) is 0 Å². The van der Waals surface area contributed by atoms with Gasteiger partial charge in [-0.05, 0) is 91.8 Å². The SMILES string of the molecule is O=C(O)CCC[C@@H](NC(=O)[C@@H](CCC(=O)O)NC(=O)c1cccc(C(=O)ON2C(=O)CCC2=O)c1)C(=O)N[C@H](CCC(O)O)C(=O)N[C@H](CCCCNC(=O)c1cncc(I)c1)C(=O)O. The first-order chi connectivity index (χ1) is 30.7. The van der Waals surface area contributed by atoms with Crippen LogP contribution in [0.3, 0.4) is 0 Å². The van der Waals surface area contributed by atoms with Crippen LogP contribution in [-0.4, -0.2) is 138 Å². The molecule has 1 aromatic carbocycles. The molecule has 0 spiro atoms. The Balaban J connectivity index is 1.74. The van der Waals surface area contributed by atoms with Crippen LogP contribution < -0.4 is 26.6 Å². The van der Waals surface area contributed by atoms with Crippen molar-refractivity contribution in [2.24, 2.45) is 0 Å². The van der Waals surface area contributed by atoms with E-state index in [1.807, 2.05) is 22.6 Å². The van der Waals surface area contributed by atoms with Crippen LogP contribution in [0, 0.1) is 3.57 Å². The molecule has 2 heterocycles. The summed E-state index contributed by atoms with van der Waals surface area (Å²) in [5.74, 6) is -11.5. The van der Waals surface area contributed by atoms with Gasteiger partial charge >= 0.3 is 23.9 Å². The molecule has 24 nitrogen and oxygen atoms in total. The predicted octanol–water partition coefficient (Wildman–Crippen LogP) is -0.645. The summed E-state index contributed by atoms with van der Waals surface area (Å²) in [6.45, 7) is 0.157. The van der Waals surface area contributed by atoms with E-state index in [1.165, 1.54) is 24.4 Å². The Morgan fingerprint density at radius 3 is 1.80 bits per heavy atom. The number of imide groups is 1. The number of aromatic nitrogens is 1. The van der Waals surface area contributed by atoms with Gasteiger partial charge in [0.15, 0.2) is 6.29 Å². The molecule has 4 atom stereocenters. The van der Waals surface area contributed by atoms with Crippen LogP contribution in [0.1, 0.15) is 108 Å². The fraction of sp³-hybridized carbons (Fsp3) is 0.450. The van der Waals surface area contributed by atoms with E-state index < -0.39 is 128 Å². The number of unbranched alkanes of at least 4 members (excludes halogenated alkanes) is 1. The van der Waals surface area contributed by atoms with Gasteiger partial charge in [0.05, 0.1) is 11.1 Å². The zero-order valence-electron chi connectivity index (χ0n) is 34.5. The van der Waals surface area contributed by atoms with Crippen molar-refractivity contribution in [1.82, 2.24) is 36.6 Å². The minimum Gasteiger partial charge on any atom is -0.481 e. The molecule has 0 saturated carbocycles. The Labute approximate surface area is 383 Å². The minimum absolute atomic E-state index is 0.128. The average Bonchev–Trinajstić information content (AvgIpc) is 3.56. The smallest absolute Gasteiger partial charge is 0.363 e. The third kappa shape index (κ3) is 18.2. The van der Waals surface area contributed by atoms with E-state index in [2.05, 4.69) is 31.6 Å². The standard InChI is InChI=1S/C40H48IN7O17/c41-24-18-23(19-42-20-24)34(57)43-16-2-1-7-28(39(62)63)47-38(61)27(11-15-33(55)56)46-36(59)25(8-4-9-31(51)52)45-37(60)26(10-14-32(53)54)44-35(58)21-5-3-6-22(17-21)40(64)65-48-29(49)12-13-30(48)50/h3,5-6,17-20,25-28,33,55-56H,1-2,4,7-16H2,(H,43,57)(H,44,58)(H,45,60)(H,46,59)(H,47,61)(H,51,52)(H,53,54)(H,62,63)/t25-,26-,27-,28-/m1/s1. The van der Waals surface area contributed by atoms with E-state index in [9.17, 15) is 78.3 Å². The second-order valence-electron chi connectivity index (χ2n) is 14.5. The van der Waals surface area contributed by atoms with E-state index in [1.54, 1.807) is 12.3 Å². The molecular weight excluding hydrogens is 977 g/mol. The molecule has 3 rings (SSSR count). The lowest BCUT2D eigenvalue weighted by atomic mass is 10.0. The number of pyridine rings is 1. The minimum atomic E-state index is -1.97. The Morgan fingerprint density at radius 1 is 0.646 bits per heavy atom. The molecule has 1 fully saturated rings. The number of hydrogen-bond donors (Lipinski definition) is 10. The third-order valence-electron chi connectivity index (χ3n) is 9.46. The van der Waals surface area contributed by atoms with Crippen LogP contribution in [-0.2, 0) is 43.2 Å². The Kier molecular flexibility index (Phi) is 21.3. The van der Waals surface area contributed by atoms with Crippen LogP contribution in [0.15, 0.2) is 42.7 Å². The summed E-state index contributed by atoms with van der Waals surface area (Å²) in [5, 5.41) is 59.8. The number of carbonyl (C=O) groups is 11. The molecule has 1 aliphatic heterocycles. The van der Waals surface area contributed by atoms with Crippen molar-refractivity contribution >= 4 is 87.8 Å². The number of hydrogen-bond acceptors (Lipinski definition) is 15. The maximum atomic E-state index is 13.7. The Hall–Kier alpha value is -6.61. The molecule has 7 amide bonds. The predicted molar refractivity (Wildman–Crippen MR) is 227 cm³/mol. The highest BCUT2D eigenvalue weighted by Gasteiger charge is 2.34. The number of aliphatic carboxylic acids is 3. The number of amides is 7. The number of nitrogens with one attached hydrogen (secondary N) is 5. The van der Waals surface area contributed by atoms with Gasteiger partial charge in [0.25, 0.3) is 23.6 Å². The maximum absolute atomic E-state index is 13.7. The highest BCUT2D eigenvalue weighted by Crippen LogP contribution is 2.16. The molecule has 1 aromatic heterocycles. The van der Waals surface area contributed by atoms with Gasteiger partial charge in [-0.3, -0.25) is 48.1 Å². The number of aliphatic hydroxyl groups is 2. The molecule has 2 aromatic rings. The monoisotopic (exact) mass is 1030 g/mol. The van der Waals surface area contributed by atoms with E-state index in [-0.39, 0.29) is 56.2 Å². The molecule has 0 unspecified atom stereocenters. The van der Waals surface area contributed by atoms with Gasteiger partial charge in [0.1, 0.15) is 24.2 Å². The largest absolute Gasteiger partial charge is 0.481 e. The number of benzene rings is 1. The topological polar surface area (TPSA) is 374 Å². The van der Waals surface area contributed by atoms with Crippen molar-refractivity contribution in [2.75, 3.05) is 6.54 Å². The van der Waals surface area contributed by atoms with Crippen LogP contribution in [0.4, 0.5) is 0 Å². The number of carbonyl (C=O) groups excluding carboxylic acids is 8. The molecule has 10 N–H and O–H groups in total. The number of halogens is 1. The molecule has 1 aliphatic rings. The number of carboxylic acid groups (broad SMARTS) is 3. The van der Waals surface area contributed by atoms with Crippen molar-refractivity contribution < 1.29 is 83.1 Å². The van der Waals surface area contributed by atoms with E-state index in [4.69, 9.17) is 4.84 Å². The molecule has 25 heteroatoms. The normalized spacial score (nSPS) is 14.1. The summed E-state index contributed by atoms with van der Waals surface area (Å²) >= 11 is 2.00. The van der Waals surface area contributed by atoms with Gasteiger partial charge in [-0.15, -0.1) is 5.06 Å². The van der Waals surface area contributed by atoms with Crippen molar-refractivity contribution in [3.63, 3.8) is 0 Å². The molecule has 352 valence electrons. The molecule has 0 aliphatic carbocycles. The Morgan fingerprint density at radius 2 is 1.22 bits per heavy atom. The first kappa shape index (κ1) is 52.7.